The number of carbonyl (C=O) groups excluding carboxylic acids is 1. The monoisotopic (exact) mass is 431 g/mol. The molecule has 1 saturated heterocycles. The minimum atomic E-state index is -1.19. The third-order valence-corrected chi connectivity index (χ3v) is 5.91. The molecule has 0 aliphatic carbocycles. The summed E-state index contributed by atoms with van der Waals surface area (Å²) in [6, 6.07) is 26.2. The molecular formula is C25H22ClN3O2. The van der Waals surface area contributed by atoms with E-state index in [0.29, 0.717) is 35.8 Å². The molecular weight excluding hydrogens is 410 g/mol. The van der Waals surface area contributed by atoms with Crippen molar-refractivity contribution in [2.24, 2.45) is 0 Å². The Labute approximate surface area is 186 Å². The number of benzene rings is 3. The first-order valence-corrected chi connectivity index (χ1v) is 10.5. The third-order valence-electron chi connectivity index (χ3n) is 5.61. The topological polar surface area (TPSA) is 67.6 Å². The van der Waals surface area contributed by atoms with Gasteiger partial charge in [0, 0.05) is 19.6 Å². The van der Waals surface area contributed by atoms with E-state index < -0.39 is 6.10 Å². The van der Waals surface area contributed by atoms with Crippen molar-refractivity contribution in [3.05, 3.63) is 101 Å². The van der Waals surface area contributed by atoms with Gasteiger partial charge in [0.1, 0.15) is 0 Å². The van der Waals surface area contributed by atoms with Crippen LogP contribution in [0.15, 0.2) is 78.9 Å². The van der Waals surface area contributed by atoms with Crippen molar-refractivity contribution in [1.82, 2.24) is 4.90 Å². The molecule has 2 atom stereocenters. The first-order valence-electron chi connectivity index (χ1n) is 10.1. The number of nitrogens with zero attached hydrogens (tertiary/aromatic N) is 3. The van der Waals surface area contributed by atoms with E-state index in [1.807, 2.05) is 54.6 Å². The van der Waals surface area contributed by atoms with Gasteiger partial charge in [-0.2, -0.15) is 5.26 Å². The van der Waals surface area contributed by atoms with Gasteiger partial charge in [0.15, 0.2) is 6.10 Å². The van der Waals surface area contributed by atoms with Crippen molar-refractivity contribution in [1.29, 1.82) is 5.26 Å². The lowest BCUT2D eigenvalue weighted by molar-refractivity contribution is -0.141. The summed E-state index contributed by atoms with van der Waals surface area (Å²) in [5.41, 5.74) is 2.96. The summed E-state index contributed by atoms with van der Waals surface area (Å²) in [6.07, 6.45) is -1.19. The summed E-state index contributed by atoms with van der Waals surface area (Å²) in [7, 11) is 0. The van der Waals surface area contributed by atoms with Crippen LogP contribution in [0.1, 0.15) is 28.8 Å². The molecule has 1 aliphatic heterocycles. The Hall–Kier alpha value is -3.33. The minimum Gasteiger partial charge on any atom is -0.378 e. The number of nitriles is 1. The average Bonchev–Trinajstić information content (AvgIpc) is 2.84. The number of piperazine rings is 1. The van der Waals surface area contributed by atoms with Crippen LogP contribution in [-0.4, -0.2) is 35.5 Å². The normalized spacial score (nSPS) is 17.1. The number of aliphatic hydroxyl groups is 1. The number of hydrogen-bond donors (Lipinski definition) is 1. The van der Waals surface area contributed by atoms with Crippen LogP contribution in [-0.2, 0) is 4.79 Å². The molecule has 0 saturated carbocycles. The van der Waals surface area contributed by atoms with Crippen LogP contribution in [0, 0.1) is 11.3 Å². The highest BCUT2D eigenvalue weighted by atomic mass is 35.5. The Morgan fingerprint density at radius 1 is 1.03 bits per heavy atom. The van der Waals surface area contributed by atoms with E-state index in [2.05, 4.69) is 11.0 Å². The molecule has 4 rings (SSSR count). The lowest BCUT2D eigenvalue weighted by Crippen LogP contribution is -2.51. The number of carbonyl (C=O) groups is 1. The predicted octanol–water partition coefficient (Wildman–Crippen LogP) is 4.34. The van der Waals surface area contributed by atoms with Crippen LogP contribution in [0.2, 0.25) is 5.02 Å². The van der Waals surface area contributed by atoms with Crippen molar-refractivity contribution in [2.75, 3.05) is 24.5 Å². The highest BCUT2D eigenvalue weighted by Crippen LogP contribution is 2.36. The van der Waals surface area contributed by atoms with Gasteiger partial charge < -0.3 is 14.9 Å². The van der Waals surface area contributed by atoms with Gasteiger partial charge in [-0.15, -0.1) is 0 Å². The zero-order valence-electron chi connectivity index (χ0n) is 16.9. The molecule has 1 amide bonds. The fourth-order valence-electron chi connectivity index (χ4n) is 3.99. The summed E-state index contributed by atoms with van der Waals surface area (Å²) in [5.74, 6) is -0.308. The number of rotatable bonds is 4. The Morgan fingerprint density at radius 2 is 1.71 bits per heavy atom. The summed E-state index contributed by atoms with van der Waals surface area (Å²) >= 11 is 6.51. The van der Waals surface area contributed by atoms with Crippen LogP contribution in [0.5, 0.6) is 0 Å². The first-order chi connectivity index (χ1) is 15.1. The van der Waals surface area contributed by atoms with Gasteiger partial charge in [0.2, 0.25) is 0 Å². The molecule has 0 bridgehead atoms. The smallest absolute Gasteiger partial charge is 0.256 e. The fourth-order valence-corrected chi connectivity index (χ4v) is 4.28. The molecule has 0 radical (unpaired) electrons. The van der Waals surface area contributed by atoms with Crippen LogP contribution < -0.4 is 4.90 Å². The standard InChI is InChI=1S/C25H22ClN3O2/c26-21-15-18(16-27)11-12-22(21)29-14-13-28(17-23(29)19-7-3-1-4-8-19)25(31)24(30)20-9-5-2-6-10-20/h1-12,15,23-24,30H,13-14,17H2/t23-,24+/m0/s1. The Morgan fingerprint density at radius 3 is 2.35 bits per heavy atom. The van der Waals surface area contributed by atoms with Gasteiger partial charge >= 0.3 is 0 Å². The van der Waals surface area contributed by atoms with Gasteiger partial charge in [-0.25, -0.2) is 0 Å². The average molecular weight is 432 g/mol. The summed E-state index contributed by atoms with van der Waals surface area (Å²) < 4.78 is 0. The van der Waals surface area contributed by atoms with Crippen molar-refractivity contribution in [3.63, 3.8) is 0 Å². The number of halogens is 1. The third kappa shape index (κ3) is 4.41. The van der Waals surface area contributed by atoms with Gasteiger partial charge in [-0.1, -0.05) is 72.3 Å². The van der Waals surface area contributed by atoms with Crippen molar-refractivity contribution >= 4 is 23.2 Å². The van der Waals surface area contributed by atoms with E-state index in [9.17, 15) is 9.90 Å². The Kier molecular flexibility index (Phi) is 6.22. The molecule has 3 aromatic carbocycles. The van der Waals surface area contributed by atoms with E-state index in [1.165, 1.54) is 0 Å². The number of hydrogen-bond acceptors (Lipinski definition) is 4. The van der Waals surface area contributed by atoms with Gasteiger partial charge in [0.05, 0.1) is 28.4 Å². The van der Waals surface area contributed by atoms with Gasteiger partial charge in [-0.3, -0.25) is 4.79 Å². The molecule has 1 N–H and O–H groups in total. The second-order valence-electron chi connectivity index (χ2n) is 7.50. The van der Waals surface area contributed by atoms with Crippen molar-refractivity contribution in [3.8, 4) is 6.07 Å². The lowest BCUT2D eigenvalue weighted by atomic mass is 10.00. The predicted molar refractivity (Wildman–Crippen MR) is 121 cm³/mol. The second-order valence-corrected chi connectivity index (χ2v) is 7.90. The highest BCUT2D eigenvalue weighted by molar-refractivity contribution is 6.33. The van der Waals surface area contributed by atoms with Crippen LogP contribution >= 0.6 is 11.6 Å². The van der Waals surface area contributed by atoms with Gasteiger partial charge in [-0.05, 0) is 29.3 Å². The molecule has 0 unspecified atom stereocenters. The molecule has 31 heavy (non-hydrogen) atoms. The van der Waals surface area contributed by atoms with E-state index in [4.69, 9.17) is 16.9 Å². The SMILES string of the molecule is N#Cc1ccc(N2CCN(C(=O)[C@H](O)c3ccccc3)C[C@H]2c2ccccc2)c(Cl)c1. The van der Waals surface area contributed by atoms with Crippen LogP contribution in [0.4, 0.5) is 5.69 Å². The van der Waals surface area contributed by atoms with Crippen LogP contribution in [0.3, 0.4) is 0 Å². The molecule has 0 spiro atoms. The van der Waals surface area contributed by atoms with E-state index in [-0.39, 0.29) is 11.9 Å². The lowest BCUT2D eigenvalue weighted by Gasteiger charge is -2.44. The molecule has 156 valence electrons. The minimum absolute atomic E-state index is 0.132. The highest BCUT2D eigenvalue weighted by Gasteiger charge is 2.34. The second kappa shape index (κ2) is 9.22. The number of aliphatic hydroxyl groups excluding tert-OH is 1. The first kappa shape index (κ1) is 20.9. The molecule has 6 heteroatoms. The summed E-state index contributed by atoms with van der Waals surface area (Å²) in [6.45, 7) is 1.43. The quantitative estimate of drug-likeness (QED) is 0.667. The largest absolute Gasteiger partial charge is 0.378 e. The van der Waals surface area contributed by atoms with Crippen molar-refractivity contribution in [2.45, 2.75) is 12.1 Å². The molecule has 1 fully saturated rings. The zero-order chi connectivity index (χ0) is 21.8. The van der Waals surface area contributed by atoms with Gasteiger partial charge in [0.25, 0.3) is 5.91 Å². The van der Waals surface area contributed by atoms with Crippen molar-refractivity contribution < 1.29 is 9.90 Å². The Bertz CT molecular complexity index is 1100. The molecule has 0 aromatic heterocycles. The fraction of sp³-hybridized carbons (Fsp3) is 0.200. The molecule has 1 aliphatic rings. The Balaban J connectivity index is 1.63. The summed E-state index contributed by atoms with van der Waals surface area (Å²) in [5, 5.41) is 20.3. The summed E-state index contributed by atoms with van der Waals surface area (Å²) in [4.78, 5) is 16.9. The van der Waals surface area contributed by atoms with E-state index in [1.54, 1.807) is 29.2 Å². The molecule has 3 aromatic rings. The number of amides is 1. The molecule has 1 heterocycles. The number of anilines is 1. The van der Waals surface area contributed by atoms with E-state index in [0.717, 1.165) is 11.3 Å². The maximum Gasteiger partial charge on any atom is 0.256 e. The van der Waals surface area contributed by atoms with Crippen LogP contribution in [0.25, 0.3) is 0 Å². The maximum atomic E-state index is 13.1. The zero-order valence-corrected chi connectivity index (χ0v) is 17.6. The van der Waals surface area contributed by atoms with E-state index >= 15 is 0 Å². The maximum absolute atomic E-state index is 13.1. The molecule has 5 nitrogen and oxygen atoms in total.